The number of hydrazone groups is 1. The molecule has 2 aromatic rings. The number of nitrogens with zero attached hydrogens (tertiary/aromatic N) is 2. The van der Waals surface area contributed by atoms with Gasteiger partial charge in [-0.05, 0) is 35.9 Å². The Morgan fingerprint density at radius 1 is 1.08 bits per heavy atom. The lowest BCUT2D eigenvalue weighted by molar-refractivity contribution is -0.137. The molecule has 24 heavy (non-hydrogen) atoms. The van der Waals surface area contributed by atoms with E-state index in [9.17, 15) is 22.4 Å². The molecule has 0 unspecified atom stereocenters. The predicted molar refractivity (Wildman–Crippen MR) is 80.0 cm³/mol. The standard InChI is InChI=1S/C17H12F4N2O/c18-14-3-1-2-12(10-14)16(24)23-9-8-15(22-23)11-4-6-13(7-5-11)17(19,20)21/h1-7,10H,8-9H2. The Hall–Kier alpha value is -2.70. The molecule has 1 heterocycles. The first-order chi connectivity index (χ1) is 11.3. The van der Waals surface area contributed by atoms with Crippen molar-refractivity contribution in [1.29, 1.82) is 0 Å². The van der Waals surface area contributed by atoms with Crippen LogP contribution in [-0.2, 0) is 6.18 Å². The highest BCUT2D eigenvalue weighted by molar-refractivity contribution is 6.04. The van der Waals surface area contributed by atoms with Crippen molar-refractivity contribution in [3.05, 3.63) is 71.0 Å². The van der Waals surface area contributed by atoms with Crippen molar-refractivity contribution in [3.8, 4) is 0 Å². The summed E-state index contributed by atoms with van der Waals surface area (Å²) >= 11 is 0. The molecule has 1 aliphatic heterocycles. The summed E-state index contributed by atoms with van der Waals surface area (Å²) in [5, 5.41) is 5.35. The van der Waals surface area contributed by atoms with Crippen LogP contribution in [0.25, 0.3) is 0 Å². The van der Waals surface area contributed by atoms with Gasteiger partial charge >= 0.3 is 6.18 Å². The number of benzene rings is 2. The Morgan fingerprint density at radius 2 is 1.79 bits per heavy atom. The second kappa shape index (κ2) is 6.07. The molecule has 3 nitrogen and oxygen atoms in total. The minimum Gasteiger partial charge on any atom is -0.267 e. The maximum absolute atomic E-state index is 13.2. The molecule has 0 saturated carbocycles. The maximum Gasteiger partial charge on any atom is 0.416 e. The van der Waals surface area contributed by atoms with Crippen LogP contribution in [0.1, 0.15) is 27.9 Å². The summed E-state index contributed by atoms with van der Waals surface area (Å²) in [5.74, 6) is -0.969. The highest BCUT2D eigenvalue weighted by atomic mass is 19.4. The molecule has 0 spiro atoms. The van der Waals surface area contributed by atoms with Crippen molar-refractivity contribution in [2.45, 2.75) is 12.6 Å². The van der Waals surface area contributed by atoms with Crippen LogP contribution in [0, 0.1) is 5.82 Å². The summed E-state index contributed by atoms with van der Waals surface area (Å²) in [6, 6.07) is 9.89. The van der Waals surface area contributed by atoms with E-state index in [0.717, 1.165) is 18.2 Å². The lowest BCUT2D eigenvalue weighted by Crippen LogP contribution is -2.23. The average Bonchev–Trinajstić information content (AvgIpc) is 3.03. The fourth-order valence-corrected chi connectivity index (χ4v) is 2.43. The Kier molecular flexibility index (Phi) is 4.09. The number of amides is 1. The summed E-state index contributed by atoms with van der Waals surface area (Å²) in [7, 11) is 0. The first kappa shape index (κ1) is 16.2. The fraction of sp³-hybridized carbons (Fsp3) is 0.176. The van der Waals surface area contributed by atoms with E-state index in [0.29, 0.717) is 24.2 Å². The lowest BCUT2D eigenvalue weighted by atomic mass is 10.1. The van der Waals surface area contributed by atoms with Crippen molar-refractivity contribution in [2.24, 2.45) is 5.10 Å². The molecule has 0 bridgehead atoms. The van der Waals surface area contributed by atoms with Gasteiger partial charge in [0.15, 0.2) is 0 Å². The Bertz CT molecular complexity index is 797. The van der Waals surface area contributed by atoms with Crippen LogP contribution in [0.3, 0.4) is 0 Å². The monoisotopic (exact) mass is 336 g/mol. The molecule has 7 heteroatoms. The van der Waals surface area contributed by atoms with Gasteiger partial charge in [-0.2, -0.15) is 18.3 Å². The number of rotatable bonds is 2. The van der Waals surface area contributed by atoms with Gasteiger partial charge in [0.25, 0.3) is 5.91 Å². The maximum atomic E-state index is 13.2. The van der Waals surface area contributed by atoms with Crippen LogP contribution in [0.5, 0.6) is 0 Å². The number of alkyl halides is 3. The molecule has 0 radical (unpaired) electrons. The second-order valence-corrected chi connectivity index (χ2v) is 5.31. The molecule has 0 N–H and O–H groups in total. The molecular formula is C17H12F4N2O. The van der Waals surface area contributed by atoms with Gasteiger partial charge in [-0.1, -0.05) is 18.2 Å². The quantitative estimate of drug-likeness (QED) is 0.760. The zero-order valence-corrected chi connectivity index (χ0v) is 12.3. The SMILES string of the molecule is O=C(c1cccc(F)c1)N1CCC(c2ccc(C(F)(F)F)cc2)=N1. The summed E-state index contributed by atoms with van der Waals surface area (Å²) in [4.78, 5) is 12.3. The molecule has 1 aliphatic rings. The number of halogens is 4. The summed E-state index contributed by atoms with van der Waals surface area (Å²) in [6.45, 7) is 0.297. The van der Waals surface area contributed by atoms with E-state index in [1.807, 2.05) is 0 Å². The van der Waals surface area contributed by atoms with Crippen LogP contribution >= 0.6 is 0 Å². The Balaban J connectivity index is 1.79. The molecule has 3 rings (SSSR count). The molecule has 0 atom stereocenters. The van der Waals surface area contributed by atoms with Crippen molar-refractivity contribution < 1.29 is 22.4 Å². The third-order valence-electron chi connectivity index (χ3n) is 3.65. The van der Waals surface area contributed by atoms with E-state index in [4.69, 9.17) is 0 Å². The largest absolute Gasteiger partial charge is 0.416 e. The van der Waals surface area contributed by atoms with Gasteiger partial charge in [-0.15, -0.1) is 0 Å². The van der Waals surface area contributed by atoms with Crippen LogP contribution < -0.4 is 0 Å². The van der Waals surface area contributed by atoms with Crippen molar-refractivity contribution in [1.82, 2.24) is 5.01 Å². The zero-order valence-electron chi connectivity index (χ0n) is 12.3. The van der Waals surface area contributed by atoms with Crippen LogP contribution in [0.2, 0.25) is 0 Å². The summed E-state index contributed by atoms with van der Waals surface area (Å²) < 4.78 is 50.9. The third kappa shape index (κ3) is 3.29. The zero-order chi connectivity index (χ0) is 17.3. The van der Waals surface area contributed by atoms with Gasteiger partial charge in [0.1, 0.15) is 5.82 Å². The lowest BCUT2D eigenvalue weighted by Gasteiger charge is -2.11. The predicted octanol–water partition coefficient (Wildman–Crippen LogP) is 4.09. The van der Waals surface area contributed by atoms with Crippen molar-refractivity contribution in [3.63, 3.8) is 0 Å². The molecule has 0 aliphatic carbocycles. The van der Waals surface area contributed by atoms with E-state index >= 15 is 0 Å². The van der Waals surface area contributed by atoms with Crippen molar-refractivity contribution in [2.75, 3.05) is 6.54 Å². The van der Waals surface area contributed by atoms with Gasteiger partial charge in [0.05, 0.1) is 17.8 Å². The second-order valence-electron chi connectivity index (χ2n) is 5.31. The topological polar surface area (TPSA) is 32.7 Å². The Morgan fingerprint density at radius 3 is 2.42 bits per heavy atom. The number of hydrogen-bond donors (Lipinski definition) is 0. The molecule has 124 valence electrons. The minimum atomic E-state index is -4.39. The first-order valence-electron chi connectivity index (χ1n) is 7.17. The van der Waals surface area contributed by atoms with Crippen LogP contribution in [0.15, 0.2) is 53.6 Å². The normalized spacial score (nSPS) is 14.7. The van der Waals surface area contributed by atoms with E-state index in [-0.39, 0.29) is 5.56 Å². The molecule has 2 aromatic carbocycles. The molecule has 1 amide bonds. The fourth-order valence-electron chi connectivity index (χ4n) is 2.43. The average molecular weight is 336 g/mol. The van der Waals surface area contributed by atoms with E-state index in [2.05, 4.69) is 5.10 Å². The number of hydrogen-bond acceptors (Lipinski definition) is 2. The highest BCUT2D eigenvalue weighted by Crippen LogP contribution is 2.29. The Labute approximate surface area is 135 Å². The van der Waals surface area contributed by atoms with Gasteiger partial charge in [0.2, 0.25) is 0 Å². The summed E-state index contributed by atoms with van der Waals surface area (Å²) in [5.41, 5.74) is 0.482. The van der Waals surface area contributed by atoms with Gasteiger partial charge in [-0.3, -0.25) is 4.79 Å². The molecular weight excluding hydrogens is 324 g/mol. The number of carbonyl (C=O) groups is 1. The van der Waals surface area contributed by atoms with Gasteiger partial charge < -0.3 is 0 Å². The third-order valence-corrected chi connectivity index (χ3v) is 3.65. The smallest absolute Gasteiger partial charge is 0.267 e. The molecule has 0 saturated heterocycles. The van der Waals surface area contributed by atoms with Gasteiger partial charge in [-0.25, -0.2) is 9.40 Å². The van der Waals surface area contributed by atoms with Crippen LogP contribution in [0.4, 0.5) is 17.6 Å². The highest BCUT2D eigenvalue weighted by Gasteiger charge is 2.30. The van der Waals surface area contributed by atoms with E-state index < -0.39 is 23.5 Å². The molecule has 0 fully saturated rings. The molecule has 0 aromatic heterocycles. The van der Waals surface area contributed by atoms with Crippen molar-refractivity contribution >= 4 is 11.6 Å². The summed E-state index contributed by atoms with van der Waals surface area (Å²) in [6.07, 6.45) is -3.97. The van der Waals surface area contributed by atoms with E-state index in [1.54, 1.807) is 0 Å². The van der Waals surface area contributed by atoms with Crippen LogP contribution in [-0.4, -0.2) is 23.2 Å². The minimum absolute atomic E-state index is 0.174. The van der Waals surface area contributed by atoms with Gasteiger partial charge in [0, 0.05) is 12.0 Å². The van der Waals surface area contributed by atoms with E-state index in [1.165, 1.54) is 35.3 Å². The first-order valence-corrected chi connectivity index (χ1v) is 7.17. The number of carbonyl (C=O) groups excluding carboxylic acids is 1.